The van der Waals surface area contributed by atoms with Crippen LogP contribution in [0.25, 0.3) is 0 Å². The summed E-state index contributed by atoms with van der Waals surface area (Å²) >= 11 is 0. The molecule has 4 unspecified atom stereocenters. The largest absolute Gasteiger partial charge is 0.466 e. The third-order valence-electron chi connectivity index (χ3n) is 15.4. The van der Waals surface area contributed by atoms with E-state index in [4.69, 9.17) is 14.2 Å². The van der Waals surface area contributed by atoms with Crippen molar-refractivity contribution < 1.29 is 28.6 Å². The number of carbonyl (C=O) groups is 3. The van der Waals surface area contributed by atoms with Gasteiger partial charge in [-0.1, -0.05) is 144 Å². The van der Waals surface area contributed by atoms with Crippen LogP contribution < -0.4 is 0 Å². The summed E-state index contributed by atoms with van der Waals surface area (Å²) < 4.78 is 17.8. The maximum atomic E-state index is 13.5. The van der Waals surface area contributed by atoms with Gasteiger partial charge < -0.3 is 19.1 Å². The number of hydrogen-bond donors (Lipinski definition) is 0. The molecule has 4 fully saturated rings. The Morgan fingerprint density at radius 1 is 0.492 bits per heavy atom. The summed E-state index contributed by atoms with van der Waals surface area (Å²) in [6.07, 6.45) is 34.1. The van der Waals surface area contributed by atoms with Gasteiger partial charge in [-0.3, -0.25) is 14.4 Å². The molecule has 59 heavy (non-hydrogen) atoms. The first-order valence-corrected chi connectivity index (χ1v) is 25.8. The van der Waals surface area contributed by atoms with Crippen LogP contribution in [0.4, 0.5) is 0 Å². The van der Waals surface area contributed by atoms with E-state index in [0.29, 0.717) is 56.8 Å². The molecule has 0 aromatic carbocycles. The van der Waals surface area contributed by atoms with E-state index in [1.165, 1.54) is 103 Å². The Balaban J connectivity index is 1.64. The van der Waals surface area contributed by atoms with Crippen LogP contribution in [0.2, 0.25) is 0 Å². The third-order valence-corrected chi connectivity index (χ3v) is 15.4. The van der Waals surface area contributed by atoms with Gasteiger partial charge in [0.05, 0.1) is 13.2 Å². The number of nitrogens with zero attached hydrogens (tertiary/aromatic N) is 1. The van der Waals surface area contributed by atoms with Gasteiger partial charge in [-0.25, -0.2) is 0 Å². The molecule has 4 atom stereocenters. The first-order valence-electron chi connectivity index (χ1n) is 25.8. The lowest BCUT2D eigenvalue weighted by atomic mass is 9.49. The monoisotopic (exact) mass is 830 g/mol. The van der Waals surface area contributed by atoms with Crippen LogP contribution in [0.15, 0.2) is 0 Å². The summed E-state index contributed by atoms with van der Waals surface area (Å²) in [7, 11) is 0. The fourth-order valence-electron chi connectivity index (χ4n) is 12.2. The number of ether oxygens (including phenoxy) is 3. The minimum atomic E-state index is -0.0685. The highest BCUT2D eigenvalue weighted by Gasteiger charge is 2.58. The molecule has 0 aromatic heterocycles. The van der Waals surface area contributed by atoms with Crippen molar-refractivity contribution in [2.75, 3.05) is 39.5 Å². The minimum absolute atomic E-state index is 0.0264. The lowest BCUT2D eigenvalue weighted by molar-refractivity contribution is -0.146. The van der Waals surface area contributed by atoms with Gasteiger partial charge in [0.25, 0.3) is 0 Å². The van der Waals surface area contributed by atoms with Crippen LogP contribution in [0, 0.1) is 34.0 Å². The Morgan fingerprint density at radius 3 is 1.22 bits per heavy atom. The average Bonchev–Trinajstić information content (AvgIpc) is 3.39. The van der Waals surface area contributed by atoms with E-state index < -0.39 is 0 Å². The van der Waals surface area contributed by atoms with Crippen molar-refractivity contribution in [3.05, 3.63) is 0 Å². The normalized spacial score (nSPS) is 23.6. The first kappa shape index (κ1) is 51.7. The van der Waals surface area contributed by atoms with Gasteiger partial charge in [-0.2, -0.15) is 0 Å². The maximum Gasteiger partial charge on any atom is 0.305 e. The van der Waals surface area contributed by atoms with Crippen LogP contribution in [0.3, 0.4) is 0 Å². The number of esters is 3. The number of likely N-dealkylation sites (N-methyl/N-ethyl adjacent to an activating group) is 1. The van der Waals surface area contributed by atoms with E-state index in [0.717, 1.165) is 96.7 Å². The molecule has 0 heterocycles. The molecule has 0 amide bonds. The van der Waals surface area contributed by atoms with E-state index >= 15 is 0 Å². The molecular weight excluding hydrogens is 735 g/mol. The van der Waals surface area contributed by atoms with Crippen molar-refractivity contribution in [3.8, 4) is 0 Å². The summed E-state index contributed by atoms with van der Waals surface area (Å²) in [4.78, 5) is 42.2. The van der Waals surface area contributed by atoms with Gasteiger partial charge in [0.1, 0.15) is 6.61 Å². The van der Waals surface area contributed by atoms with Crippen LogP contribution >= 0.6 is 0 Å². The zero-order valence-corrected chi connectivity index (χ0v) is 39.8. The quantitative estimate of drug-likeness (QED) is 0.0353. The van der Waals surface area contributed by atoms with Crippen LogP contribution in [-0.2, 0) is 28.6 Å². The van der Waals surface area contributed by atoms with Crippen molar-refractivity contribution in [1.29, 1.82) is 0 Å². The van der Waals surface area contributed by atoms with E-state index in [1.54, 1.807) is 0 Å². The number of carbonyl (C=O) groups excluding carboxylic acids is 3. The summed E-state index contributed by atoms with van der Waals surface area (Å²) in [5, 5.41) is 0. The molecule has 0 radical (unpaired) electrons. The van der Waals surface area contributed by atoms with Gasteiger partial charge in [0.15, 0.2) is 0 Å². The zero-order valence-electron chi connectivity index (χ0n) is 39.8. The molecule has 344 valence electrons. The predicted octanol–water partition coefficient (Wildman–Crippen LogP) is 14.0. The van der Waals surface area contributed by atoms with E-state index in [1.807, 2.05) is 0 Å². The predicted molar refractivity (Wildman–Crippen MR) is 244 cm³/mol. The topological polar surface area (TPSA) is 82.1 Å². The van der Waals surface area contributed by atoms with Crippen molar-refractivity contribution in [2.45, 2.75) is 241 Å². The molecule has 4 aliphatic carbocycles. The molecule has 4 bridgehead atoms. The zero-order chi connectivity index (χ0) is 42.8. The molecule has 0 spiro atoms. The number of fused-ring (bicyclic) bond motifs is 1. The van der Waals surface area contributed by atoms with Crippen molar-refractivity contribution in [2.24, 2.45) is 34.0 Å². The van der Waals surface area contributed by atoms with Crippen molar-refractivity contribution >= 4 is 17.9 Å². The van der Waals surface area contributed by atoms with Crippen LogP contribution in [-0.4, -0.2) is 62.3 Å². The van der Waals surface area contributed by atoms with Crippen LogP contribution in [0.5, 0.6) is 0 Å². The Bertz CT molecular complexity index is 1140. The van der Waals surface area contributed by atoms with Gasteiger partial charge in [0.2, 0.25) is 0 Å². The molecule has 7 nitrogen and oxygen atoms in total. The molecular formula is C52H95NO6. The summed E-state index contributed by atoms with van der Waals surface area (Å²) in [5.74, 6) is 1.76. The highest BCUT2D eigenvalue weighted by molar-refractivity contribution is 5.70. The second-order valence-electron chi connectivity index (χ2n) is 20.3. The lowest BCUT2D eigenvalue weighted by Gasteiger charge is -2.56. The summed E-state index contributed by atoms with van der Waals surface area (Å²) in [6.45, 7) is 17.6. The van der Waals surface area contributed by atoms with Crippen LogP contribution in [0.1, 0.15) is 241 Å². The molecule has 4 aliphatic rings. The molecule has 0 saturated heterocycles. The SMILES string of the molecule is CCCCCC(CCCCC)CCOC(=O)CCC12CCC3(CCC(=O)OCCN(CC)CC)CC(C1)CC(CCC(=O)OCCC(CCCCC)CCCCC)(C2)C3. The van der Waals surface area contributed by atoms with Gasteiger partial charge in [-0.05, 0) is 124 Å². The fourth-order valence-corrected chi connectivity index (χ4v) is 12.2. The number of unbranched alkanes of at least 4 members (excludes halogenated alkanes) is 8. The molecule has 7 heteroatoms. The highest BCUT2D eigenvalue weighted by atomic mass is 16.5. The van der Waals surface area contributed by atoms with E-state index in [9.17, 15) is 14.4 Å². The Morgan fingerprint density at radius 2 is 0.847 bits per heavy atom. The third kappa shape index (κ3) is 19.5. The van der Waals surface area contributed by atoms with Gasteiger partial charge in [0, 0.05) is 25.8 Å². The standard InChI is InChI=1S/C52H95NO6/c1-7-13-17-21-44(22-18-14-8-2)28-36-57-47(54)25-30-50-33-34-51(31-26-49(56)59-38-35-53(11-5)12-6)40-46(39-50)41-52(42-50,43-51)32-27-48(55)58-37-29-45(23-19-15-9-3)24-20-16-10-4/h44-46H,7-43H2,1-6H3. The summed E-state index contributed by atoms with van der Waals surface area (Å²) in [6, 6.07) is 0. The van der Waals surface area contributed by atoms with E-state index in [2.05, 4.69) is 46.4 Å². The molecule has 4 rings (SSSR count). The Labute approximate surface area is 364 Å². The highest BCUT2D eigenvalue weighted by Crippen LogP contribution is 2.69. The average molecular weight is 830 g/mol. The first-order chi connectivity index (χ1) is 28.6. The molecule has 0 N–H and O–H groups in total. The second-order valence-corrected chi connectivity index (χ2v) is 20.3. The Hall–Kier alpha value is -1.63. The lowest BCUT2D eigenvalue weighted by Crippen LogP contribution is -2.46. The van der Waals surface area contributed by atoms with E-state index in [-0.39, 0.29) is 34.2 Å². The fraction of sp³-hybridized carbons (Fsp3) is 0.942. The second kappa shape index (κ2) is 28.9. The van der Waals surface area contributed by atoms with Gasteiger partial charge in [-0.15, -0.1) is 0 Å². The maximum absolute atomic E-state index is 13.5. The molecule has 0 aromatic rings. The van der Waals surface area contributed by atoms with Crippen molar-refractivity contribution in [3.63, 3.8) is 0 Å². The summed E-state index contributed by atoms with van der Waals surface area (Å²) in [5.41, 5.74) is 0.250. The molecule has 0 aliphatic heterocycles. The minimum Gasteiger partial charge on any atom is -0.466 e. The van der Waals surface area contributed by atoms with Gasteiger partial charge >= 0.3 is 17.9 Å². The number of rotatable bonds is 36. The smallest absolute Gasteiger partial charge is 0.305 e. The molecule has 4 saturated carbocycles. The Kier molecular flexibility index (Phi) is 25.3. The number of hydrogen-bond acceptors (Lipinski definition) is 7. The van der Waals surface area contributed by atoms with Crippen molar-refractivity contribution in [1.82, 2.24) is 4.90 Å².